The van der Waals surface area contributed by atoms with Crippen molar-refractivity contribution in [2.24, 2.45) is 0 Å². The van der Waals surface area contributed by atoms with Crippen molar-refractivity contribution in [2.75, 3.05) is 7.11 Å². The second-order valence-electron chi connectivity index (χ2n) is 5.03. The van der Waals surface area contributed by atoms with Gasteiger partial charge in [0.2, 0.25) is 0 Å². The highest BCUT2D eigenvalue weighted by molar-refractivity contribution is 5.91. The molecule has 1 aromatic carbocycles. The van der Waals surface area contributed by atoms with Gasteiger partial charge >= 0.3 is 5.97 Å². The number of aromatic nitrogens is 3. The molecule has 2 aromatic heterocycles. The molecule has 0 bridgehead atoms. The van der Waals surface area contributed by atoms with E-state index in [4.69, 9.17) is 10.00 Å². The molecule has 124 valence electrons. The van der Waals surface area contributed by atoms with Crippen molar-refractivity contribution in [1.82, 2.24) is 14.8 Å². The van der Waals surface area contributed by atoms with E-state index in [9.17, 15) is 14.7 Å². The van der Waals surface area contributed by atoms with Crippen molar-refractivity contribution in [2.45, 2.75) is 0 Å². The number of carboxylic acid groups (broad SMARTS) is 1. The topological polar surface area (TPSA) is 121 Å². The van der Waals surface area contributed by atoms with Gasteiger partial charge in [-0.2, -0.15) is 5.26 Å². The highest BCUT2D eigenvalue weighted by atomic mass is 16.5. The van der Waals surface area contributed by atoms with Crippen LogP contribution in [0.4, 0.5) is 0 Å². The molecule has 0 aliphatic carbocycles. The summed E-state index contributed by atoms with van der Waals surface area (Å²) >= 11 is 0. The fraction of sp³-hybridized carbons (Fsp3) is 0.0588. The average Bonchev–Trinajstić information content (AvgIpc) is 3.02. The molecule has 3 aromatic rings. The summed E-state index contributed by atoms with van der Waals surface area (Å²) in [7, 11) is 1.44. The number of aromatic carboxylic acids is 1. The van der Waals surface area contributed by atoms with Gasteiger partial charge in [-0.15, -0.1) is 0 Å². The van der Waals surface area contributed by atoms with Crippen molar-refractivity contribution < 1.29 is 14.6 Å². The zero-order chi connectivity index (χ0) is 18.0. The Bertz CT molecular complexity index is 1060. The number of carboxylic acids is 1. The molecule has 8 nitrogen and oxygen atoms in total. The Balaban J connectivity index is 2.18. The number of carbonyl (C=O) groups is 1. The third kappa shape index (κ3) is 2.74. The van der Waals surface area contributed by atoms with Crippen LogP contribution in [-0.2, 0) is 0 Å². The van der Waals surface area contributed by atoms with Crippen molar-refractivity contribution in [3.63, 3.8) is 0 Å². The van der Waals surface area contributed by atoms with E-state index in [1.165, 1.54) is 37.7 Å². The molecule has 8 heteroatoms. The Kier molecular flexibility index (Phi) is 4.05. The van der Waals surface area contributed by atoms with Gasteiger partial charge in [0.15, 0.2) is 5.82 Å². The molecule has 0 radical (unpaired) electrons. The van der Waals surface area contributed by atoms with Gasteiger partial charge in [0, 0.05) is 18.0 Å². The van der Waals surface area contributed by atoms with Crippen LogP contribution in [0.15, 0.2) is 47.5 Å². The van der Waals surface area contributed by atoms with Gasteiger partial charge in [-0.05, 0) is 30.3 Å². The van der Waals surface area contributed by atoms with E-state index in [-0.39, 0.29) is 16.9 Å². The number of hydrogen-bond donors (Lipinski definition) is 2. The summed E-state index contributed by atoms with van der Waals surface area (Å²) in [6, 6.07) is 9.53. The minimum atomic E-state index is -1.19. The van der Waals surface area contributed by atoms with Crippen LogP contribution in [0.1, 0.15) is 15.9 Å². The molecule has 0 amide bonds. The Morgan fingerprint density at radius 2 is 2.16 bits per heavy atom. The van der Waals surface area contributed by atoms with Crippen LogP contribution < -0.4 is 10.3 Å². The van der Waals surface area contributed by atoms with Gasteiger partial charge in [0.25, 0.3) is 5.56 Å². The minimum absolute atomic E-state index is 0.0149. The van der Waals surface area contributed by atoms with Crippen LogP contribution in [0.2, 0.25) is 0 Å². The summed E-state index contributed by atoms with van der Waals surface area (Å²) in [5.74, 6) is -0.845. The molecule has 0 saturated heterocycles. The number of rotatable bonds is 4. The predicted molar refractivity (Wildman–Crippen MR) is 87.8 cm³/mol. The average molecular weight is 336 g/mol. The first-order chi connectivity index (χ1) is 12.1. The van der Waals surface area contributed by atoms with Gasteiger partial charge in [-0.1, -0.05) is 0 Å². The lowest BCUT2D eigenvalue weighted by atomic mass is 10.1. The molecule has 2 N–H and O–H groups in total. The number of aromatic amines is 1. The number of nitrogens with one attached hydrogen (secondary N) is 1. The number of H-pyrrole nitrogens is 1. The molecule has 0 saturated carbocycles. The molecule has 0 fully saturated rings. The molecule has 3 rings (SSSR count). The number of pyridine rings is 1. The smallest absolute Gasteiger partial charge is 0.339 e. The van der Waals surface area contributed by atoms with Crippen molar-refractivity contribution in [3.05, 3.63) is 64.2 Å². The van der Waals surface area contributed by atoms with E-state index < -0.39 is 11.5 Å². The quantitative estimate of drug-likeness (QED) is 0.749. The van der Waals surface area contributed by atoms with E-state index in [1.54, 1.807) is 12.1 Å². The summed E-state index contributed by atoms with van der Waals surface area (Å²) < 4.78 is 6.30. The fourth-order valence-electron chi connectivity index (χ4n) is 2.45. The zero-order valence-electron chi connectivity index (χ0n) is 13.1. The number of nitriles is 1. The second-order valence-corrected chi connectivity index (χ2v) is 5.03. The second kappa shape index (κ2) is 6.33. The number of nitrogens with zero attached hydrogens (tertiary/aromatic N) is 3. The maximum absolute atomic E-state index is 12.7. The summed E-state index contributed by atoms with van der Waals surface area (Å²) in [6.07, 6.45) is 2.84. The first kappa shape index (κ1) is 16.0. The molecule has 2 heterocycles. The lowest BCUT2D eigenvalue weighted by Gasteiger charge is -2.06. The van der Waals surface area contributed by atoms with Crippen molar-refractivity contribution in [1.29, 1.82) is 5.26 Å². The largest absolute Gasteiger partial charge is 0.496 e. The lowest BCUT2D eigenvalue weighted by Crippen LogP contribution is -2.20. The number of hydrogen-bond acceptors (Lipinski definition) is 5. The molecule has 0 aliphatic heterocycles. The van der Waals surface area contributed by atoms with E-state index in [2.05, 4.69) is 10.1 Å². The summed E-state index contributed by atoms with van der Waals surface area (Å²) in [6.45, 7) is 0. The van der Waals surface area contributed by atoms with Crippen molar-refractivity contribution in [3.8, 4) is 28.8 Å². The standard InChI is InChI=1S/C17H12N4O4/c1-25-14-7-10(8-18)4-5-11(14)13-9-20-21(16(13)22)15-12(17(23)24)3-2-6-19-15/h2-7,9,20H,1H3,(H,23,24). The summed E-state index contributed by atoms with van der Waals surface area (Å²) in [4.78, 5) is 28.1. The molecule has 0 aliphatic rings. The maximum atomic E-state index is 12.7. The first-order valence-corrected chi connectivity index (χ1v) is 7.14. The normalized spacial score (nSPS) is 10.2. The molecular weight excluding hydrogens is 324 g/mol. The minimum Gasteiger partial charge on any atom is -0.496 e. The molecule has 0 spiro atoms. The first-order valence-electron chi connectivity index (χ1n) is 7.14. The van der Waals surface area contributed by atoms with Crippen LogP contribution >= 0.6 is 0 Å². The predicted octanol–water partition coefficient (Wildman–Crippen LogP) is 1.81. The Hall–Kier alpha value is -3.86. The van der Waals surface area contributed by atoms with E-state index >= 15 is 0 Å². The Labute approximate surface area is 141 Å². The van der Waals surface area contributed by atoms with Gasteiger partial charge in [-0.25, -0.2) is 14.5 Å². The molecule has 0 unspecified atom stereocenters. The third-order valence-electron chi connectivity index (χ3n) is 3.62. The molecule has 25 heavy (non-hydrogen) atoms. The van der Waals surface area contributed by atoms with E-state index in [0.29, 0.717) is 16.9 Å². The highest BCUT2D eigenvalue weighted by Crippen LogP contribution is 2.28. The van der Waals surface area contributed by atoms with E-state index in [1.807, 2.05) is 6.07 Å². The van der Waals surface area contributed by atoms with Crippen LogP contribution in [0.3, 0.4) is 0 Å². The van der Waals surface area contributed by atoms with Gasteiger partial charge in [0.1, 0.15) is 11.3 Å². The highest BCUT2D eigenvalue weighted by Gasteiger charge is 2.19. The lowest BCUT2D eigenvalue weighted by molar-refractivity contribution is 0.0696. The van der Waals surface area contributed by atoms with Gasteiger partial charge < -0.3 is 9.84 Å². The van der Waals surface area contributed by atoms with Gasteiger partial charge in [0.05, 0.1) is 24.3 Å². The summed E-state index contributed by atoms with van der Waals surface area (Å²) in [5, 5.41) is 21.0. The Morgan fingerprint density at radius 1 is 1.36 bits per heavy atom. The van der Waals surface area contributed by atoms with Crippen LogP contribution in [0, 0.1) is 11.3 Å². The number of benzene rings is 1. The molecule has 0 atom stereocenters. The number of ether oxygens (including phenoxy) is 1. The van der Waals surface area contributed by atoms with E-state index in [0.717, 1.165) is 4.68 Å². The number of methoxy groups -OCH3 is 1. The SMILES string of the molecule is COc1cc(C#N)ccc1-c1c[nH]n(-c2ncccc2C(=O)O)c1=O. The van der Waals surface area contributed by atoms with Crippen LogP contribution in [0.25, 0.3) is 16.9 Å². The van der Waals surface area contributed by atoms with Gasteiger partial charge in [-0.3, -0.25) is 9.89 Å². The van der Waals surface area contributed by atoms with Crippen molar-refractivity contribution >= 4 is 5.97 Å². The zero-order valence-corrected chi connectivity index (χ0v) is 13.1. The van der Waals surface area contributed by atoms with Crippen LogP contribution in [0.5, 0.6) is 5.75 Å². The monoisotopic (exact) mass is 336 g/mol. The fourth-order valence-corrected chi connectivity index (χ4v) is 2.45. The molecular formula is C17H12N4O4. The Morgan fingerprint density at radius 3 is 2.84 bits per heavy atom. The summed E-state index contributed by atoms with van der Waals surface area (Å²) in [5.41, 5.74) is 0.556. The third-order valence-corrected chi connectivity index (χ3v) is 3.62. The van der Waals surface area contributed by atoms with Crippen LogP contribution in [-0.4, -0.2) is 33.0 Å². The maximum Gasteiger partial charge on any atom is 0.339 e.